The smallest absolute Gasteiger partial charge is 0.305 e. The van der Waals surface area contributed by atoms with Gasteiger partial charge in [-0.05, 0) is 37.2 Å². The van der Waals surface area contributed by atoms with E-state index in [1.807, 2.05) is 0 Å². The molecule has 9 N–H and O–H groups in total. The van der Waals surface area contributed by atoms with E-state index in [-0.39, 0.29) is 141 Å². The number of esters is 2. The summed E-state index contributed by atoms with van der Waals surface area (Å²) in [6.45, 7) is 3.95. The monoisotopic (exact) mass is 1060 g/mol. The summed E-state index contributed by atoms with van der Waals surface area (Å²) in [6.07, 6.45) is 0.0761. The average Bonchev–Trinajstić information content (AvgIpc) is 4.30. The van der Waals surface area contributed by atoms with Crippen molar-refractivity contribution in [1.29, 1.82) is 0 Å². The third-order valence-electron chi connectivity index (χ3n) is 10.2. The van der Waals surface area contributed by atoms with Crippen molar-refractivity contribution in [2.45, 2.75) is 113 Å². The topological polar surface area (TPSA) is 325 Å². The number of hydrogen-bond acceptors (Lipinski definition) is 23. The lowest BCUT2D eigenvalue weighted by molar-refractivity contribution is -0.145. The summed E-state index contributed by atoms with van der Waals surface area (Å²) in [5, 5.41) is 67.9. The summed E-state index contributed by atoms with van der Waals surface area (Å²) >= 11 is 3.29. The van der Waals surface area contributed by atoms with Crippen LogP contribution in [0.5, 0.6) is 0 Å². The summed E-state index contributed by atoms with van der Waals surface area (Å²) in [7, 11) is 0. The quantitative estimate of drug-likeness (QED) is 0.0187. The molecule has 0 aromatic carbocycles. The molecule has 0 aromatic heterocycles. The maximum absolute atomic E-state index is 12.1. The van der Waals surface area contributed by atoms with E-state index >= 15 is 0 Å². The third kappa shape index (κ3) is 42.0. The lowest BCUT2D eigenvalue weighted by atomic mass is 10.2. The highest BCUT2D eigenvalue weighted by molar-refractivity contribution is 7.99. The van der Waals surface area contributed by atoms with Gasteiger partial charge in [0.25, 0.3) is 0 Å². The molecule has 2 fully saturated rings. The van der Waals surface area contributed by atoms with E-state index in [1.54, 1.807) is 23.5 Å². The van der Waals surface area contributed by atoms with Crippen LogP contribution in [-0.2, 0) is 66.5 Å². The standard InChI is InChI=1S/C46H85N3O20S2/c50-21-39(29-62-31-41-33-68-41)66-27-37(54)25-60-23-35(52)7-15-64-45(58)5-1-3-17-70-19-9-43(56)48-13-11-47-12-14-49-44(57)10-20-71-18-4-2-6-46(59)65-16-8-36(53)24-61-26-38(55)28-67-40(22-51)30-63-32-42-34-69-42/h35-42,47,50-55H,1-34H2,(H,48,56)(H,49,57). The first-order chi connectivity index (χ1) is 34.5. The number of hydrogen-bond donors (Lipinski definition) is 9. The van der Waals surface area contributed by atoms with Gasteiger partial charge in [-0.25, -0.2) is 0 Å². The summed E-state index contributed by atoms with van der Waals surface area (Å²) in [6, 6.07) is 0. The molecule has 2 heterocycles. The number of amides is 2. The zero-order valence-electron chi connectivity index (χ0n) is 41.4. The first kappa shape index (κ1) is 65.1. The Kier molecular flexibility index (Phi) is 40.6. The molecular formula is C46H85N3O20S2. The van der Waals surface area contributed by atoms with Gasteiger partial charge in [-0.2, -0.15) is 23.5 Å². The average molecular weight is 1060 g/mol. The second-order valence-corrected chi connectivity index (χ2v) is 19.5. The molecule has 71 heavy (non-hydrogen) atoms. The van der Waals surface area contributed by atoms with E-state index in [1.165, 1.54) is 0 Å². The van der Waals surface area contributed by atoms with Crippen LogP contribution >= 0.6 is 23.5 Å². The summed E-state index contributed by atoms with van der Waals surface area (Å²) < 4.78 is 52.8. The van der Waals surface area contributed by atoms with Crippen LogP contribution in [0.4, 0.5) is 0 Å². The van der Waals surface area contributed by atoms with Crippen molar-refractivity contribution >= 4 is 47.3 Å². The van der Waals surface area contributed by atoms with Gasteiger partial charge in [-0.1, -0.05) is 0 Å². The molecule has 8 unspecified atom stereocenters. The normalized spacial score (nSPS) is 17.7. The molecule has 2 amide bonds. The van der Waals surface area contributed by atoms with Crippen LogP contribution in [-0.4, -0.2) is 258 Å². The van der Waals surface area contributed by atoms with Crippen LogP contribution in [0.2, 0.25) is 0 Å². The molecule has 0 saturated carbocycles. The lowest BCUT2D eigenvalue weighted by Gasteiger charge is -2.19. The summed E-state index contributed by atoms with van der Waals surface area (Å²) in [4.78, 5) is 48.3. The molecule has 25 heteroatoms. The Hall–Kier alpha value is -2.02. The van der Waals surface area contributed by atoms with Gasteiger partial charge in [0.05, 0.1) is 118 Å². The molecule has 0 spiro atoms. The fraction of sp³-hybridized carbons (Fsp3) is 0.913. The second kappa shape index (κ2) is 44.3. The molecule has 0 bridgehead atoms. The molecule has 0 aliphatic carbocycles. The number of carbonyl (C=O) groups is 4. The first-order valence-corrected chi connectivity index (χ1v) is 27.2. The summed E-state index contributed by atoms with van der Waals surface area (Å²) in [5.74, 6) is 2.20. The van der Waals surface area contributed by atoms with E-state index in [0.717, 1.165) is 24.3 Å². The highest BCUT2D eigenvalue weighted by Gasteiger charge is 2.24. The number of thioether (sulfide) groups is 2. The van der Waals surface area contributed by atoms with Crippen molar-refractivity contribution in [3.63, 3.8) is 0 Å². The van der Waals surface area contributed by atoms with Crippen molar-refractivity contribution < 1.29 is 97.2 Å². The molecule has 2 rings (SSSR count). The van der Waals surface area contributed by atoms with E-state index in [9.17, 15) is 49.8 Å². The molecule has 416 valence electrons. The number of epoxide rings is 2. The molecule has 2 aliphatic rings. The Morgan fingerprint density at radius 2 is 0.915 bits per heavy atom. The zero-order valence-corrected chi connectivity index (χ0v) is 43.0. The van der Waals surface area contributed by atoms with Gasteiger partial charge in [0.2, 0.25) is 11.8 Å². The van der Waals surface area contributed by atoms with Crippen molar-refractivity contribution in [1.82, 2.24) is 16.0 Å². The zero-order chi connectivity index (χ0) is 51.6. The van der Waals surface area contributed by atoms with Crippen LogP contribution in [0.25, 0.3) is 0 Å². The minimum absolute atomic E-state index is 0.0386. The fourth-order valence-corrected chi connectivity index (χ4v) is 7.74. The van der Waals surface area contributed by atoms with Gasteiger partial charge in [0, 0.05) is 76.2 Å². The molecule has 0 radical (unpaired) electrons. The van der Waals surface area contributed by atoms with Gasteiger partial charge in [0.1, 0.15) is 36.6 Å². The van der Waals surface area contributed by atoms with Crippen molar-refractivity contribution in [2.24, 2.45) is 0 Å². The fourth-order valence-electron chi connectivity index (χ4n) is 5.86. The largest absolute Gasteiger partial charge is 0.466 e. The van der Waals surface area contributed by atoms with Gasteiger partial charge in [-0.3, -0.25) is 19.2 Å². The van der Waals surface area contributed by atoms with E-state index in [4.69, 9.17) is 47.4 Å². The number of nitrogens with one attached hydrogen (secondary N) is 3. The Bertz CT molecular complexity index is 1250. The number of aliphatic hydroxyl groups is 6. The number of rotatable bonds is 52. The van der Waals surface area contributed by atoms with Crippen molar-refractivity contribution in [3.05, 3.63) is 0 Å². The molecule has 2 saturated heterocycles. The van der Waals surface area contributed by atoms with Crippen LogP contribution in [0.15, 0.2) is 0 Å². The molecular weight excluding hydrogens is 979 g/mol. The first-order valence-electron chi connectivity index (χ1n) is 24.9. The van der Waals surface area contributed by atoms with Gasteiger partial charge >= 0.3 is 11.9 Å². The van der Waals surface area contributed by atoms with Crippen LogP contribution in [0.3, 0.4) is 0 Å². The number of ether oxygens (including phenoxy) is 10. The van der Waals surface area contributed by atoms with E-state index < -0.39 is 36.6 Å². The maximum atomic E-state index is 12.1. The highest BCUT2D eigenvalue weighted by Crippen LogP contribution is 2.12. The molecule has 0 aromatic rings. The van der Waals surface area contributed by atoms with Crippen LogP contribution in [0, 0.1) is 0 Å². The van der Waals surface area contributed by atoms with Gasteiger partial charge < -0.3 is 94.0 Å². The van der Waals surface area contributed by atoms with Crippen LogP contribution < -0.4 is 16.0 Å². The number of aliphatic hydroxyl groups excluding tert-OH is 6. The Morgan fingerprint density at radius 1 is 0.507 bits per heavy atom. The van der Waals surface area contributed by atoms with Crippen LogP contribution in [0.1, 0.15) is 64.2 Å². The Morgan fingerprint density at radius 3 is 1.31 bits per heavy atom. The molecule has 23 nitrogen and oxygen atoms in total. The van der Waals surface area contributed by atoms with Crippen molar-refractivity contribution in [2.75, 3.05) is 155 Å². The summed E-state index contributed by atoms with van der Waals surface area (Å²) in [5.41, 5.74) is 0. The highest BCUT2D eigenvalue weighted by atomic mass is 32.2. The van der Waals surface area contributed by atoms with E-state index in [2.05, 4.69) is 16.0 Å². The van der Waals surface area contributed by atoms with Gasteiger partial charge in [-0.15, -0.1) is 0 Å². The SMILES string of the molecule is O=C(CCSCCCCC(=O)OCCC(O)COCC(O)COC(CO)COCC1CO1)NCCNCCNC(=O)CCSCCCCC(=O)OCCC(O)COCC(O)COC(CO)COCC1CO1. The number of carbonyl (C=O) groups excluding carboxylic acids is 4. The lowest BCUT2D eigenvalue weighted by Crippen LogP contribution is -2.36. The number of unbranched alkanes of at least 4 members (excludes halogenated alkanes) is 2. The predicted molar refractivity (Wildman–Crippen MR) is 262 cm³/mol. The Labute approximate surface area is 427 Å². The minimum atomic E-state index is -0.945. The van der Waals surface area contributed by atoms with Crippen molar-refractivity contribution in [3.8, 4) is 0 Å². The molecule has 8 atom stereocenters. The minimum Gasteiger partial charge on any atom is -0.466 e. The van der Waals surface area contributed by atoms with E-state index in [0.29, 0.717) is 89.8 Å². The third-order valence-corrected chi connectivity index (χ3v) is 12.3. The van der Waals surface area contributed by atoms with Gasteiger partial charge in [0.15, 0.2) is 0 Å². The molecule has 2 aliphatic heterocycles. The predicted octanol–water partition coefficient (Wildman–Crippen LogP) is -1.68. The maximum Gasteiger partial charge on any atom is 0.305 e. The second-order valence-electron chi connectivity index (χ2n) is 17.1. The Balaban J connectivity index is 1.26.